The summed E-state index contributed by atoms with van der Waals surface area (Å²) in [5.74, 6) is -1.43. The first-order valence-electron chi connectivity index (χ1n) is 8.17. The number of carboxylic acids is 1. The molecule has 9 heteroatoms. The second-order valence-electron chi connectivity index (χ2n) is 6.05. The summed E-state index contributed by atoms with van der Waals surface area (Å²) in [7, 11) is -3.73. The van der Waals surface area contributed by atoms with Crippen LogP contribution in [0.4, 0.5) is 0 Å². The van der Waals surface area contributed by atoms with Crippen molar-refractivity contribution < 1.29 is 28.2 Å². The summed E-state index contributed by atoms with van der Waals surface area (Å²) in [4.78, 5) is 27.4. The predicted octanol–water partition coefficient (Wildman–Crippen LogP) is 2.24. The molecule has 0 radical (unpaired) electrons. The molecule has 2 aromatic carbocycles. The fourth-order valence-electron chi connectivity index (χ4n) is 2.58. The van der Waals surface area contributed by atoms with Gasteiger partial charge < -0.3 is 0 Å². The Kier molecular flexibility index (Phi) is 5.54. The summed E-state index contributed by atoms with van der Waals surface area (Å²) in [5.41, 5.74) is -0.181. The van der Waals surface area contributed by atoms with Gasteiger partial charge in [0, 0.05) is 0 Å². The first-order chi connectivity index (χ1) is 13.2. The van der Waals surface area contributed by atoms with Gasteiger partial charge in [-0.3, -0.25) is 0 Å². The van der Waals surface area contributed by atoms with Crippen molar-refractivity contribution in [3.8, 4) is 5.75 Å². The number of fused-ring (bicyclic) bond motifs is 1. The van der Waals surface area contributed by atoms with E-state index in [0.717, 1.165) is 0 Å². The monoisotopic (exact) mass is 461 g/mol. The molecule has 0 saturated heterocycles. The first kappa shape index (κ1) is 20.0. The standard InChI is InChI=1S/C19H16AsNO6S/c1-11(19(24)25)20-18(23)16-17(22)15-8-7-14(9-12(15)10-21-16)28(26,27)13-5-3-2-4-6-13/h2-11,20,22H,1H3,(H,24,25)/t11-/m0/s1. The number of carbonyl (C=O) groups excluding carboxylic acids is 1. The van der Waals surface area contributed by atoms with Gasteiger partial charge in [0.25, 0.3) is 0 Å². The van der Waals surface area contributed by atoms with E-state index in [9.17, 15) is 23.1 Å². The maximum atomic E-state index is 12.7. The van der Waals surface area contributed by atoms with Gasteiger partial charge >= 0.3 is 168 Å². The van der Waals surface area contributed by atoms with Crippen molar-refractivity contribution in [3.63, 3.8) is 0 Å². The third kappa shape index (κ3) is 3.79. The van der Waals surface area contributed by atoms with Crippen LogP contribution in [0.3, 0.4) is 0 Å². The molecule has 0 bridgehead atoms. The average Bonchev–Trinajstić information content (AvgIpc) is 2.68. The van der Waals surface area contributed by atoms with E-state index in [1.54, 1.807) is 18.2 Å². The third-order valence-electron chi connectivity index (χ3n) is 4.13. The number of carbonyl (C=O) groups is 2. The van der Waals surface area contributed by atoms with Crippen molar-refractivity contribution in [1.82, 2.24) is 4.98 Å². The molecule has 144 valence electrons. The normalized spacial score (nSPS) is 13.0. The van der Waals surface area contributed by atoms with Crippen molar-refractivity contribution in [2.24, 2.45) is 0 Å². The number of aromatic hydroxyl groups is 1. The topological polar surface area (TPSA) is 122 Å². The molecule has 2 atom stereocenters. The van der Waals surface area contributed by atoms with Crippen LogP contribution in [0.1, 0.15) is 17.4 Å². The summed E-state index contributed by atoms with van der Waals surface area (Å²) in [5, 5.41) is 20.0. The van der Waals surface area contributed by atoms with E-state index in [1.165, 1.54) is 43.5 Å². The second kappa shape index (κ2) is 7.73. The van der Waals surface area contributed by atoms with Crippen LogP contribution in [0.15, 0.2) is 64.5 Å². The first-order valence-corrected chi connectivity index (χ1v) is 11.9. The zero-order valence-electron chi connectivity index (χ0n) is 14.7. The zero-order valence-corrected chi connectivity index (χ0v) is 17.6. The molecule has 0 spiro atoms. The summed E-state index contributed by atoms with van der Waals surface area (Å²) >= 11 is -1.56. The van der Waals surface area contributed by atoms with Crippen LogP contribution in [0.2, 0.25) is 4.71 Å². The zero-order chi connectivity index (χ0) is 20.5. The molecule has 1 heterocycles. The molecule has 7 nitrogen and oxygen atoms in total. The Hall–Kier alpha value is -2.70. The van der Waals surface area contributed by atoms with Crippen LogP contribution >= 0.6 is 0 Å². The Morgan fingerprint density at radius 3 is 2.39 bits per heavy atom. The van der Waals surface area contributed by atoms with Gasteiger partial charge in [-0.25, -0.2) is 0 Å². The molecular weight excluding hydrogens is 445 g/mol. The van der Waals surface area contributed by atoms with Crippen LogP contribution < -0.4 is 0 Å². The van der Waals surface area contributed by atoms with Crippen molar-refractivity contribution in [2.45, 2.75) is 21.4 Å². The number of nitrogens with zero attached hydrogens (tertiary/aromatic N) is 1. The molecule has 0 aliphatic carbocycles. The van der Waals surface area contributed by atoms with Crippen LogP contribution in [-0.2, 0) is 14.6 Å². The van der Waals surface area contributed by atoms with Gasteiger partial charge in [-0.15, -0.1) is 0 Å². The Morgan fingerprint density at radius 2 is 1.75 bits per heavy atom. The molecule has 0 fully saturated rings. The van der Waals surface area contributed by atoms with Crippen molar-refractivity contribution >= 4 is 46.9 Å². The maximum absolute atomic E-state index is 12.7. The van der Waals surface area contributed by atoms with E-state index < -0.39 is 40.8 Å². The summed E-state index contributed by atoms with van der Waals surface area (Å²) in [6, 6.07) is 12.1. The van der Waals surface area contributed by atoms with Gasteiger partial charge in [-0.2, -0.15) is 0 Å². The minimum atomic E-state index is -3.73. The summed E-state index contributed by atoms with van der Waals surface area (Å²) in [6.07, 6.45) is 1.31. The van der Waals surface area contributed by atoms with E-state index in [4.69, 9.17) is 5.11 Å². The second-order valence-corrected chi connectivity index (χ2v) is 11.4. The number of rotatable bonds is 6. The third-order valence-corrected chi connectivity index (χ3v) is 8.37. The molecule has 28 heavy (non-hydrogen) atoms. The molecule has 0 amide bonds. The Bertz CT molecular complexity index is 1180. The fourth-order valence-corrected chi connectivity index (χ4v) is 5.65. The van der Waals surface area contributed by atoms with E-state index >= 15 is 0 Å². The number of aliphatic carboxylic acids is 1. The van der Waals surface area contributed by atoms with Crippen LogP contribution in [0.5, 0.6) is 5.75 Å². The van der Waals surface area contributed by atoms with Gasteiger partial charge in [0.2, 0.25) is 0 Å². The molecule has 1 aromatic heterocycles. The quantitative estimate of drug-likeness (QED) is 0.540. The van der Waals surface area contributed by atoms with Gasteiger partial charge in [0.05, 0.1) is 0 Å². The number of carboxylic acid groups (broad SMARTS) is 1. The van der Waals surface area contributed by atoms with Crippen molar-refractivity contribution in [3.05, 3.63) is 60.4 Å². The van der Waals surface area contributed by atoms with Crippen LogP contribution in [0, 0.1) is 0 Å². The minimum absolute atomic E-state index is 0.0411. The Labute approximate surface area is 167 Å². The summed E-state index contributed by atoms with van der Waals surface area (Å²) in [6.45, 7) is 1.44. The molecule has 0 aliphatic heterocycles. The number of sulfone groups is 1. The number of aromatic nitrogens is 1. The molecule has 0 aliphatic rings. The molecule has 3 aromatic rings. The molecule has 1 unspecified atom stereocenters. The predicted molar refractivity (Wildman–Crippen MR) is 104 cm³/mol. The number of hydrogen-bond donors (Lipinski definition) is 2. The Morgan fingerprint density at radius 1 is 1.07 bits per heavy atom. The molecular formula is C19H16AsNO6S. The van der Waals surface area contributed by atoms with Gasteiger partial charge in [-0.1, -0.05) is 0 Å². The molecule has 0 saturated carbocycles. The number of pyridine rings is 1. The number of benzene rings is 2. The van der Waals surface area contributed by atoms with Gasteiger partial charge in [0.15, 0.2) is 0 Å². The Balaban J connectivity index is 2.02. The van der Waals surface area contributed by atoms with Crippen LogP contribution in [0.25, 0.3) is 10.8 Å². The van der Waals surface area contributed by atoms with Gasteiger partial charge in [-0.05, 0) is 0 Å². The summed E-state index contributed by atoms with van der Waals surface area (Å²) < 4.78 is 24.2. The number of hydrogen-bond acceptors (Lipinski definition) is 6. The van der Waals surface area contributed by atoms with E-state index in [-0.39, 0.29) is 26.6 Å². The van der Waals surface area contributed by atoms with Gasteiger partial charge in [0.1, 0.15) is 0 Å². The molecule has 2 N–H and O–H groups in total. The fraction of sp³-hybridized carbons (Fsp3) is 0.105. The van der Waals surface area contributed by atoms with E-state index in [0.29, 0.717) is 5.39 Å². The molecule has 3 rings (SSSR count). The van der Waals surface area contributed by atoms with E-state index in [2.05, 4.69) is 4.98 Å². The van der Waals surface area contributed by atoms with Crippen molar-refractivity contribution in [2.75, 3.05) is 0 Å². The van der Waals surface area contributed by atoms with E-state index in [1.807, 2.05) is 0 Å². The average molecular weight is 461 g/mol. The van der Waals surface area contributed by atoms with Crippen LogP contribution in [-0.4, -0.2) is 49.9 Å². The SMILES string of the molecule is C[C@H]([AsH]C(=O)c1ncc2cc(S(=O)(=O)c3ccccc3)ccc2c1O)C(=O)O. The van der Waals surface area contributed by atoms with Crippen molar-refractivity contribution in [1.29, 1.82) is 0 Å².